The van der Waals surface area contributed by atoms with Crippen molar-refractivity contribution < 1.29 is 22.8 Å². The van der Waals surface area contributed by atoms with Gasteiger partial charge in [-0.1, -0.05) is 11.6 Å². The molecule has 8 heteroatoms. The second-order valence-electron chi connectivity index (χ2n) is 4.38. The van der Waals surface area contributed by atoms with Crippen LogP contribution in [0.1, 0.15) is 12.5 Å². The number of hydrogen-bond donors (Lipinski definition) is 1. The molecule has 1 N–H and O–H groups in total. The van der Waals surface area contributed by atoms with Gasteiger partial charge in [0.2, 0.25) is 11.8 Å². The molecule has 1 unspecified atom stereocenters. The van der Waals surface area contributed by atoms with Crippen molar-refractivity contribution in [1.82, 2.24) is 5.32 Å². The van der Waals surface area contributed by atoms with Gasteiger partial charge in [-0.3, -0.25) is 14.5 Å². The minimum Gasteiger partial charge on any atom is -0.343 e. The highest BCUT2D eigenvalue weighted by atomic mass is 35.5. The van der Waals surface area contributed by atoms with E-state index in [-0.39, 0.29) is 17.3 Å². The minimum absolute atomic E-state index is 0.0892. The summed E-state index contributed by atoms with van der Waals surface area (Å²) in [6, 6.07) is 1.91. The van der Waals surface area contributed by atoms with Gasteiger partial charge in [-0.2, -0.15) is 13.2 Å². The highest BCUT2D eigenvalue weighted by Crippen LogP contribution is 2.35. The first-order chi connectivity index (χ1) is 9.20. The summed E-state index contributed by atoms with van der Waals surface area (Å²) in [5.41, 5.74) is -0.820. The van der Waals surface area contributed by atoms with Crippen LogP contribution in [0.5, 0.6) is 0 Å². The topological polar surface area (TPSA) is 49.4 Å². The Kier molecular flexibility index (Phi) is 3.64. The number of nitrogens with one attached hydrogen (secondary N) is 1. The molecule has 0 aliphatic carbocycles. The number of benzene rings is 1. The quantitative estimate of drug-likeness (QED) is 0.865. The smallest absolute Gasteiger partial charge is 0.343 e. The highest BCUT2D eigenvalue weighted by Gasteiger charge is 2.34. The third kappa shape index (κ3) is 2.72. The van der Waals surface area contributed by atoms with Crippen LogP contribution in [0, 0.1) is 0 Å². The number of halogens is 4. The average molecular weight is 307 g/mol. The van der Waals surface area contributed by atoms with Gasteiger partial charge in [0.15, 0.2) is 0 Å². The number of alkyl halides is 3. The molecule has 2 amide bonds. The monoisotopic (exact) mass is 306 g/mol. The third-order valence-electron chi connectivity index (χ3n) is 2.88. The van der Waals surface area contributed by atoms with E-state index in [1.165, 1.54) is 6.92 Å². The molecular formula is C12H10ClF3N2O2. The van der Waals surface area contributed by atoms with Crippen molar-refractivity contribution in [3.8, 4) is 0 Å². The Bertz CT molecular complexity index is 574. The molecule has 1 fully saturated rings. The summed E-state index contributed by atoms with van der Waals surface area (Å²) in [6.07, 6.45) is -4.52. The molecule has 1 saturated heterocycles. The Hall–Kier alpha value is -1.76. The molecule has 0 spiro atoms. The normalized spacial score (nSPS) is 20.1. The maximum absolute atomic E-state index is 12.5. The lowest BCUT2D eigenvalue weighted by Crippen LogP contribution is -2.57. The first-order valence-corrected chi connectivity index (χ1v) is 6.05. The molecule has 1 heterocycles. The molecule has 0 aromatic heterocycles. The van der Waals surface area contributed by atoms with Gasteiger partial charge in [0.1, 0.15) is 12.6 Å². The minimum atomic E-state index is -4.52. The summed E-state index contributed by atoms with van der Waals surface area (Å²) in [5.74, 6) is -0.820. The predicted molar refractivity (Wildman–Crippen MR) is 66.4 cm³/mol. The number of anilines is 1. The summed E-state index contributed by atoms with van der Waals surface area (Å²) in [5, 5.41) is 2.20. The van der Waals surface area contributed by atoms with Crippen LogP contribution in [-0.2, 0) is 15.8 Å². The number of amides is 2. The van der Waals surface area contributed by atoms with Crippen molar-refractivity contribution in [2.45, 2.75) is 19.1 Å². The summed E-state index contributed by atoms with van der Waals surface area (Å²) in [4.78, 5) is 24.4. The van der Waals surface area contributed by atoms with Crippen molar-refractivity contribution >= 4 is 29.1 Å². The third-order valence-corrected chi connectivity index (χ3v) is 3.18. The molecule has 0 bridgehead atoms. The van der Waals surface area contributed by atoms with E-state index in [9.17, 15) is 22.8 Å². The van der Waals surface area contributed by atoms with E-state index in [0.29, 0.717) is 0 Å². The number of piperazine rings is 1. The maximum Gasteiger partial charge on any atom is 0.416 e. The zero-order valence-electron chi connectivity index (χ0n) is 10.3. The van der Waals surface area contributed by atoms with Crippen molar-refractivity contribution in [3.63, 3.8) is 0 Å². The van der Waals surface area contributed by atoms with Gasteiger partial charge in [-0.05, 0) is 25.1 Å². The fourth-order valence-corrected chi connectivity index (χ4v) is 2.19. The van der Waals surface area contributed by atoms with Crippen LogP contribution >= 0.6 is 11.6 Å². The van der Waals surface area contributed by atoms with Crippen LogP contribution in [0.25, 0.3) is 0 Å². The molecule has 1 aromatic carbocycles. The van der Waals surface area contributed by atoms with E-state index < -0.39 is 29.6 Å². The van der Waals surface area contributed by atoms with Crippen LogP contribution in [0.3, 0.4) is 0 Å². The maximum atomic E-state index is 12.5. The summed E-state index contributed by atoms with van der Waals surface area (Å²) < 4.78 is 37.6. The van der Waals surface area contributed by atoms with Crippen LogP contribution < -0.4 is 10.2 Å². The number of hydrogen-bond acceptors (Lipinski definition) is 2. The summed E-state index contributed by atoms with van der Waals surface area (Å²) in [6.45, 7) is 1.22. The van der Waals surface area contributed by atoms with Gasteiger partial charge in [-0.25, -0.2) is 0 Å². The number of rotatable bonds is 1. The lowest BCUT2D eigenvalue weighted by atomic mass is 10.1. The Labute approximate surface area is 117 Å². The fraction of sp³-hybridized carbons (Fsp3) is 0.333. The van der Waals surface area contributed by atoms with E-state index in [4.69, 9.17) is 11.6 Å². The molecule has 1 aliphatic rings. The Morgan fingerprint density at radius 3 is 2.55 bits per heavy atom. The van der Waals surface area contributed by atoms with Crippen molar-refractivity contribution in [1.29, 1.82) is 0 Å². The second kappa shape index (κ2) is 4.97. The highest BCUT2D eigenvalue weighted by molar-refractivity contribution is 6.34. The van der Waals surface area contributed by atoms with Gasteiger partial charge < -0.3 is 5.32 Å². The van der Waals surface area contributed by atoms with Crippen LogP contribution in [0.15, 0.2) is 18.2 Å². The van der Waals surface area contributed by atoms with Crippen LogP contribution in [-0.4, -0.2) is 24.4 Å². The second-order valence-corrected chi connectivity index (χ2v) is 4.78. The standard InChI is InChI=1S/C12H10ClF3N2O2/c1-6-11(20)18(5-10(19)17-6)9-3-2-7(4-8(9)13)12(14,15)16/h2-4,6H,5H2,1H3,(H,17,19). The van der Waals surface area contributed by atoms with E-state index in [0.717, 1.165) is 23.1 Å². The molecule has 4 nitrogen and oxygen atoms in total. The number of carbonyl (C=O) groups excluding carboxylic acids is 2. The first kappa shape index (κ1) is 14.6. The predicted octanol–water partition coefficient (Wildman–Crippen LogP) is 2.21. The van der Waals surface area contributed by atoms with Gasteiger partial charge >= 0.3 is 6.18 Å². The summed E-state index contributed by atoms with van der Waals surface area (Å²) >= 11 is 5.80. The van der Waals surface area contributed by atoms with Gasteiger partial charge in [0, 0.05) is 0 Å². The van der Waals surface area contributed by atoms with Gasteiger partial charge in [-0.15, -0.1) is 0 Å². The number of carbonyl (C=O) groups is 2. The molecule has 1 aliphatic heterocycles. The van der Waals surface area contributed by atoms with E-state index in [1.807, 2.05) is 0 Å². The lowest BCUT2D eigenvalue weighted by molar-refractivity contribution is -0.137. The van der Waals surface area contributed by atoms with E-state index in [1.54, 1.807) is 0 Å². The largest absolute Gasteiger partial charge is 0.416 e. The Balaban J connectivity index is 2.38. The van der Waals surface area contributed by atoms with Crippen LogP contribution in [0.2, 0.25) is 5.02 Å². The molecule has 1 aromatic rings. The van der Waals surface area contributed by atoms with E-state index in [2.05, 4.69) is 5.32 Å². The van der Waals surface area contributed by atoms with E-state index >= 15 is 0 Å². The lowest BCUT2D eigenvalue weighted by Gasteiger charge is -2.31. The molecule has 1 atom stereocenters. The number of nitrogens with zero attached hydrogens (tertiary/aromatic N) is 1. The van der Waals surface area contributed by atoms with Crippen molar-refractivity contribution in [2.75, 3.05) is 11.4 Å². The van der Waals surface area contributed by atoms with Gasteiger partial charge in [0.25, 0.3) is 0 Å². The van der Waals surface area contributed by atoms with Crippen molar-refractivity contribution in [3.05, 3.63) is 28.8 Å². The zero-order chi connectivity index (χ0) is 15.1. The fourth-order valence-electron chi connectivity index (χ4n) is 1.91. The molecular weight excluding hydrogens is 297 g/mol. The Morgan fingerprint density at radius 2 is 2.00 bits per heavy atom. The van der Waals surface area contributed by atoms with Crippen molar-refractivity contribution in [2.24, 2.45) is 0 Å². The molecule has 108 valence electrons. The SMILES string of the molecule is CC1NC(=O)CN(c2ccc(C(F)(F)F)cc2Cl)C1=O. The van der Waals surface area contributed by atoms with Gasteiger partial charge in [0.05, 0.1) is 16.3 Å². The molecule has 20 heavy (non-hydrogen) atoms. The summed E-state index contributed by atoms with van der Waals surface area (Å²) in [7, 11) is 0. The van der Waals surface area contributed by atoms with Crippen LogP contribution in [0.4, 0.5) is 18.9 Å². The molecule has 0 saturated carbocycles. The first-order valence-electron chi connectivity index (χ1n) is 5.67. The Morgan fingerprint density at radius 1 is 1.35 bits per heavy atom. The average Bonchev–Trinajstić information content (AvgIpc) is 2.33. The zero-order valence-corrected chi connectivity index (χ0v) is 11.0. The molecule has 0 radical (unpaired) electrons. The molecule has 2 rings (SSSR count).